The quantitative estimate of drug-likeness (QED) is 0.427. The first-order chi connectivity index (χ1) is 5.27. The van der Waals surface area contributed by atoms with Crippen LogP contribution in [-0.4, -0.2) is 23.0 Å². The van der Waals surface area contributed by atoms with Crippen LogP contribution in [0.25, 0.3) is 0 Å². The second-order valence-corrected chi connectivity index (χ2v) is 4.53. The number of rotatable bonds is 0. The molecule has 1 saturated carbocycles. The summed E-state index contributed by atoms with van der Waals surface area (Å²) in [6.45, 7) is 0. The summed E-state index contributed by atoms with van der Waals surface area (Å²) in [6, 6.07) is 0. The van der Waals surface area contributed by atoms with Gasteiger partial charge in [-0.25, -0.2) is 0 Å². The Morgan fingerprint density at radius 1 is 1.00 bits per heavy atom. The molecule has 0 aromatic heterocycles. The normalized spacial score (nSPS) is 50.7. The molecular weight excluding hydrogens is 183 g/mol. The molecule has 1 heterocycles. The van der Waals surface area contributed by atoms with Crippen LogP contribution in [0, 0.1) is 0 Å². The standard InChI is InChI=1S/C8H12Cl2O/c9-5-2-1-3-7-8(11-7)4-6(5)10/h5-8H,1-4H2. The Bertz CT molecular complexity index is 151. The molecule has 0 aromatic rings. The highest BCUT2D eigenvalue weighted by Crippen LogP contribution is 2.37. The second kappa shape index (κ2) is 3.12. The molecule has 1 aliphatic carbocycles. The summed E-state index contributed by atoms with van der Waals surface area (Å²) in [5, 5.41) is 0.272. The summed E-state index contributed by atoms with van der Waals surface area (Å²) < 4.78 is 5.41. The minimum Gasteiger partial charge on any atom is -0.370 e. The van der Waals surface area contributed by atoms with E-state index in [-0.39, 0.29) is 10.8 Å². The van der Waals surface area contributed by atoms with Crippen molar-refractivity contribution in [2.45, 2.75) is 48.6 Å². The van der Waals surface area contributed by atoms with Crippen LogP contribution in [0.3, 0.4) is 0 Å². The highest BCUT2D eigenvalue weighted by Gasteiger charge is 2.41. The van der Waals surface area contributed by atoms with Crippen LogP contribution in [0.5, 0.6) is 0 Å². The van der Waals surface area contributed by atoms with Gasteiger partial charge in [-0.15, -0.1) is 23.2 Å². The number of ether oxygens (including phenoxy) is 1. The number of fused-ring (bicyclic) bond motifs is 1. The Hall–Kier alpha value is 0.540. The fourth-order valence-electron chi connectivity index (χ4n) is 1.70. The minimum atomic E-state index is 0.118. The monoisotopic (exact) mass is 194 g/mol. The first-order valence-electron chi connectivity index (χ1n) is 4.21. The molecule has 2 aliphatic rings. The fourth-order valence-corrected chi connectivity index (χ4v) is 2.26. The van der Waals surface area contributed by atoms with E-state index in [9.17, 15) is 0 Å². The van der Waals surface area contributed by atoms with Crippen LogP contribution in [0.2, 0.25) is 0 Å². The number of hydrogen-bond acceptors (Lipinski definition) is 1. The van der Waals surface area contributed by atoms with Gasteiger partial charge in [0, 0.05) is 0 Å². The Morgan fingerprint density at radius 3 is 2.64 bits per heavy atom. The lowest BCUT2D eigenvalue weighted by Gasteiger charge is -2.16. The van der Waals surface area contributed by atoms with Crippen molar-refractivity contribution in [3.63, 3.8) is 0 Å². The molecule has 0 N–H and O–H groups in total. The molecular formula is C8H12Cl2O. The summed E-state index contributed by atoms with van der Waals surface area (Å²) in [4.78, 5) is 0. The van der Waals surface area contributed by atoms with E-state index >= 15 is 0 Å². The number of hydrogen-bond donors (Lipinski definition) is 0. The van der Waals surface area contributed by atoms with Gasteiger partial charge >= 0.3 is 0 Å². The van der Waals surface area contributed by atoms with Crippen molar-refractivity contribution in [3.8, 4) is 0 Å². The summed E-state index contributed by atoms with van der Waals surface area (Å²) >= 11 is 12.1. The minimum absolute atomic E-state index is 0.118. The average molecular weight is 195 g/mol. The van der Waals surface area contributed by atoms with E-state index in [2.05, 4.69) is 0 Å². The predicted octanol–water partition coefficient (Wildman–Crippen LogP) is 2.54. The number of epoxide rings is 1. The predicted molar refractivity (Wildman–Crippen MR) is 46.4 cm³/mol. The molecule has 0 amide bonds. The van der Waals surface area contributed by atoms with Crippen LogP contribution in [0.15, 0.2) is 0 Å². The van der Waals surface area contributed by atoms with Crippen LogP contribution in [-0.2, 0) is 4.74 Å². The topological polar surface area (TPSA) is 12.5 Å². The smallest absolute Gasteiger partial charge is 0.0856 e. The van der Waals surface area contributed by atoms with E-state index in [0.717, 1.165) is 12.8 Å². The molecule has 1 nitrogen and oxygen atoms in total. The average Bonchev–Trinajstić information content (AvgIpc) is 2.65. The van der Waals surface area contributed by atoms with Gasteiger partial charge in [-0.05, 0) is 25.7 Å². The van der Waals surface area contributed by atoms with Crippen LogP contribution in [0.4, 0.5) is 0 Å². The zero-order chi connectivity index (χ0) is 7.84. The van der Waals surface area contributed by atoms with E-state index in [0.29, 0.717) is 12.2 Å². The van der Waals surface area contributed by atoms with Crippen LogP contribution in [0.1, 0.15) is 25.7 Å². The maximum Gasteiger partial charge on any atom is 0.0856 e. The summed E-state index contributed by atoms with van der Waals surface area (Å²) in [7, 11) is 0. The van der Waals surface area contributed by atoms with Crippen molar-refractivity contribution in [2.75, 3.05) is 0 Å². The highest BCUT2D eigenvalue weighted by atomic mass is 35.5. The molecule has 2 fully saturated rings. The second-order valence-electron chi connectivity index (χ2n) is 3.41. The third-order valence-corrected chi connectivity index (χ3v) is 3.64. The van der Waals surface area contributed by atoms with Gasteiger partial charge in [-0.3, -0.25) is 0 Å². The zero-order valence-corrected chi connectivity index (χ0v) is 7.81. The molecule has 64 valence electrons. The Kier molecular flexibility index (Phi) is 2.31. The molecule has 0 spiro atoms. The van der Waals surface area contributed by atoms with E-state index in [1.165, 1.54) is 12.8 Å². The summed E-state index contributed by atoms with van der Waals surface area (Å²) in [6.07, 6.45) is 5.28. The molecule has 0 bridgehead atoms. The van der Waals surface area contributed by atoms with Crippen molar-refractivity contribution in [1.82, 2.24) is 0 Å². The number of alkyl halides is 2. The van der Waals surface area contributed by atoms with Gasteiger partial charge in [0.05, 0.1) is 23.0 Å². The molecule has 11 heavy (non-hydrogen) atoms. The van der Waals surface area contributed by atoms with E-state index in [1.54, 1.807) is 0 Å². The lowest BCUT2D eigenvalue weighted by molar-refractivity contribution is 0.358. The van der Waals surface area contributed by atoms with E-state index < -0.39 is 0 Å². The van der Waals surface area contributed by atoms with E-state index in [4.69, 9.17) is 27.9 Å². The van der Waals surface area contributed by atoms with E-state index in [1.807, 2.05) is 0 Å². The maximum atomic E-state index is 6.05. The molecule has 2 rings (SSSR count). The van der Waals surface area contributed by atoms with Gasteiger partial charge in [-0.1, -0.05) is 0 Å². The lowest BCUT2D eigenvalue weighted by Crippen LogP contribution is -2.20. The summed E-state index contributed by atoms with van der Waals surface area (Å²) in [5.41, 5.74) is 0. The van der Waals surface area contributed by atoms with Crippen molar-refractivity contribution in [3.05, 3.63) is 0 Å². The Labute approximate surface area is 77.0 Å². The van der Waals surface area contributed by atoms with Crippen molar-refractivity contribution in [2.24, 2.45) is 0 Å². The molecule has 4 unspecified atom stereocenters. The van der Waals surface area contributed by atoms with Crippen molar-refractivity contribution >= 4 is 23.2 Å². The zero-order valence-electron chi connectivity index (χ0n) is 6.30. The highest BCUT2D eigenvalue weighted by molar-refractivity contribution is 6.30. The van der Waals surface area contributed by atoms with Crippen molar-refractivity contribution < 1.29 is 4.74 Å². The molecule has 0 aromatic carbocycles. The molecule has 4 atom stereocenters. The van der Waals surface area contributed by atoms with Crippen LogP contribution < -0.4 is 0 Å². The van der Waals surface area contributed by atoms with Crippen molar-refractivity contribution in [1.29, 1.82) is 0 Å². The van der Waals surface area contributed by atoms with Crippen LogP contribution >= 0.6 is 23.2 Å². The van der Waals surface area contributed by atoms with Gasteiger partial charge in [-0.2, -0.15) is 0 Å². The van der Waals surface area contributed by atoms with Gasteiger partial charge in [0.15, 0.2) is 0 Å². The third kappa shape index (κ3) is 1.82. The molecule has 1 saturated heterocycles. The first kappa shape index (κ1) is 8.15. The fraction of sp³-hybridized carbons (Fsp3) is 1.00. The Balaban J connectivity index is 1.91. The largest absolute Gasteiger partial charge is 0.370 e. The van der Waals surface area contributed by atoms with Gasteiger partial charge in [0.2, 0.25) is 0 Å². The lowest BCUT2D eigenvalue weighted by atomic mass is 10.0. The van der Waals surface area contributed by atoms with Gasteiger partial charge in [0.1, 0.15) is 0 Å². The molecule has 1 aliphatic heterocycles. The third-order valence-electron chi connectivity index (χ3n) is 2.51. The SMILES string of the molecule is ClC1CCCC2OC2CC1Cl. The van der Waals surface area contributed by atoms with Gasteiger partial charge < -0.3 is 4.74 Å². The maximum absolute atomic E-state index is 6.05. The van der Waals surface area contributed by atoms with Gasteiger partial charge in [0.25, 0.3) is 0 Å². The Morgan fingerprint density at radius 2 is 1.82 bits per heavy atom. The molecule has 0 radical (unpaired) electrons. The number of halogens is 2. The summed E-state index contributed by atoms with van der Waals surface area (Å²) in [5.74, 6) is 0. The molecule has 3 heteroatoms. The first-order valence-corrected chi connectivity index (χ1v) is 5.08.